The van der Waals surface area contributed by atoms with Crippen LogP contribution in [0.2, 0.25) is 0 Å². The molecule has 1 amide bonds. The molecule has 1 aliphatic heterocycles. The Labute approximate surface area is 228 Å². The second-order valence-corrected chi connectivity index (χ2v) is 11.2. The molecule has 202 valence electrons. The van der Waals surface area contributed by atoms with Crippen LogP contribution < -0.4 is 10.4 Å². The van der Waals surface area contributed by atoms with E-state index in [1.165, 1.54) is 5.39 Å². The van der Waals surface area contributed by atoms with Crippen molar-refractivity contribution in [2.24, 2.45) is 5.92 Å². The first kappa shape index (κ1) is 25.6. The van der Waals surface area contributed by atoms with E-state index in [1.807, 2.05) is 42.2 Å². The molecule has 6 nitrogen and oxygen atoms in total. The number of benzene rings is 3. The molecule has 2 atom stereocenters. The molecule has 39 heavy (non-hydrogen) atoms. The summed E-state index contributed by atoms with van der Waals surface area (Å²) < 4.78 is 11.8. The second kappa shape index (κ2) is 10.5. The number of carbonyl (C=O) groups is 1. The molecule has 1 saturated carbocycles. The van der Waals surface area contributed by atoms with Gasteiger partial charge in [-0.25, -0.2) is 4.79 Å². The Hall–Kier alpha value is -3.64. The van der Waals surface area contributed by atoms with Gasteiger partial charge in [-0.05, 0) is 66.6 Å². The minimum absolute atomic E-state index is 0.0405. The number of piperidine rings is 1. The van der Waals surface area contributed by atoms with E-state index in [0.29, 0.717) is 49.4 Å². The maximum Gasteiger partial charge on any atom is 0.339 e. The molecule has 1 saturated heterocycles. The molecule has 3 aromatic carbocycles. The summed E-state index contributed by atoms with van der Waals surface area (Å²) in [6, 6.07) is 20.0. The molecule has 0 radical (unpaired) electrons. The lowest BCUT2D eigenvalue weighted by Gasteiger charge is -2.47. The zero-order chi connectivity index (χ0) is 27.0. The summed E-state index contributed by atoms with van der Waals surface area (Å²) in [7, 11) is 0. The smallest absolute Gasteiger partial charge is 0.339 e. The quantitative estimate of drug-likeness (QED) is 0.316. The first-order valence-electron chi connectivity index (χ1n) is 14.1. The molecule has 6 heteroatoms. The number of carbonyl (C=O) groups excluding carboxylic acids is 1. The monoisotopic (exact) mass is 525 g/mol. The third kappa shape index (κ3) is 5.06. The Bertz CT molecular complexity index is 1590. The fraction of sp³-hybridized carbons (Fsp3) is 0.394. The lowest BCUT2D eigenvalue weighted by Crippen LogP contribution is -2.54. The molecule has 6 rings (SSSR count). The fourth-order valence-corrected chi connectivity index (χ4v) is 6.52. The average Bonchev–Trinajstić information content (AvgIpc) is 2.95. The molecule has 2 aliphatic rings. The first-order valence-corrected chi connectivity index (χ1v) is 14.1. The minimum atomic E-state index is -0.609. The SMILES string of the molecule is Cc1c(CCC(=O)N2CC[C@]3(O)CCCC[C@H]3C2)c(=O)oc2cc(OCc3cccc4ccccc34)ccc12. The van der Waals surface area contributed by atoms with Crippen molar-refractivity contribution in [3.63, 3.8) is 0 Å². The third-order valence-electron chi connectivity index (χ3n) is 8.90. The van der Waals surface area contributed by atoms with Gasteiger partial charge in [0, 0.05) is 42.4 Å². The maximum absolute atomic E-state index is 13.0. The molecule has 0 bridgehead atoms. The Morgan fingerprint density at radius 3 is 2.82 bits per heavy atom. The van der Waals surface area contributed by atoms with Gasteiger partial charge >= 0.3 is 5.63 Å². The highest BCUT2D eigenvalue weighted by atomic mass is 16.5. The Morgan fingerprint density at radius 1 is 1.08 bits per heavy atom. The zero-order valence-corrected chi connectivity index (χ0v) is 22.4. The van der Waals surface area contributed by atoms with Crippen LogP contribution in [-0.4, -0.2) is 34.6 Å². The van der Waals surface area contributed by atoms with Crippen molar-refractivity contribution >= 4 is 27.6 Å². The topological polar surface area (TPSA) is 80.0 Å². The van der Waals surface area contributed by atoms with Crippen LogP contribution in [0, 0.1) is 12.8 Å². The van der Waals surface area contributed by atoms with E-state index >= 15 is 0 Å². The van der Waals surface area contributed by atoms with Crippen LogP contribution in [0.25, 0.3) is 21.7 Å². The van der Waals surface area contributed by atoms with Crippen LogP contribution in [-0.2, 0) is 17.8 Å². The van der Waals surface area contributed by atoms with E-state index in [4.69, 9.17) is 9.15 Å². The summed E-state index contributed by atoms with van der Waals surface area (Å²) in [6.07, 6.45) is 5.24. The van der Waals surface area contributed by atoms with Crippen molar-refractivity contribution in [3.8, 4) is 5.75 Å². The summed E-state index contributed by atoms with van der Waals surface area (Å²) in [5.74, 6) is 0.834. The molecule has 4 aromatic rings. The number of hydrogen-bond donors (Lipinski definition) is 1. The molecule has 1 aromatic heterocycles. The van der Waals surface area contributed by atoms with E-state index in [2.05, 4.69) is 24.3 Å². The molecule has 1 aliphatic carbocycles. The molecule has 1 N–H and O–H groups in total. The van der Waals surface area contributed by atoms with Crippen molar-refractivity contribution in [2.45, 2.75) is 64.1 Å². The molecule has 0 spiro atoms. The lowest BCUT2D eigenvalue weighted by atomic mass is 9.71. The standard InChI is InChI=1S/C33H35NO5/c1-22-27-13-12-26(38-21-24-9-6-8-23-7-2-3-11-29(23)24)19-30(27)39-32(36)28(22)14-15-31(35)34-18-17-33(37)16-5-4-10-25(33)20-34/h2-3,6-9,11-13,19,25,37H,4-5,10,14-18,20-21H2,1H3/t25-,33+/m0/s1. The van der Waals surface area contributed by atoms with Gasteiger partial charge in [0.15, 0.2) is 0 Å². The van der Waals surface area contributed by atoms with Crippen molar-refractivity contribution in [1.29, 1.82) is 0 Å². The minimum Gasteiger partial charge on any atom is -0.489 e. The molecule has 2 fully saturated rings. The Balaban J connectivity index is 1.14. The number of aryl methyl sites for hydroxylation is 1. The Kier molecular flexibility index (Phi) is 6.90. The zero-order valence-electron chi connectivity index (χ0n) is 22.4. The van der Waals surface area contributed by atoms with Gasteiger partial charge in [0.1, 0.15) is 17.9 Å². The van der Waals surface area contributed by atoms with E-state index in [0.717, 1.165) is 47.6 Å². The largest absolute Gasteiger partial charge is 0.489 e. The van der Waals surface area contributed by atoms with Crippen molar-refractivity contribution in [1.82, 2.24) is 4.90 Å². The van der Waals surface area contributed by atoms with E-state index < -0.39 is 11.2 Å². The summed E-state index contributed by atoms with van der Waals surface area (Å²) in [5, 5.41) is 14.1. The van der Waals surface area contributed by atoms with E-state index in [1.54, 1.807) is 6.07 Å². The van der Waals surface area contributed by atoms with Crippen LogP contribution in [0.1, 0.15) is 55.2 Å². The first-order chi connectivity index (χ1) is 18.9. The van der Waals surface area contributed by atoms with Crippen LogP contribution in [0.5, 0.6) is 5.75 Å². The highest BCUT2D eigenvalue weighted by Gasteiger charge is 2.43. The van der Waals surface area contributed by atoms with Gasteiger partial charge in [0.2, 0.25) is 5.91 Å². The second-order valence-electron chi connectivity index (χ2n) is 11.2. The summed E-state index contributed by atoms with van der Waals surface area (Å²) in [5.41, 5.74) is 1.95. The summed E-state index contributed by atoms with van der Waals surface area (Å²) in [4.78, 5) is 27.9. The van der Waals surface area contributed by atoms with Crippen molar-refractivity contribution in [3.05, 3.63) is 87.8 Å². The van der Waals surface area contributed by atoms with Crippen LogP contribution in [0.3, 0.4) is 0 Å². The fourth-order valence-electron chi connectivity index (χ4n) is 6.52. The number of amides is 1. The number of aliphatic hydroxyl groups is 1. The van der Waals surface area contributed by atoms with E-state index in [9.17, 15) is 14.7 Å². The number of fused-ring (bicyclic) bond motifs is 3. The number of ether oxygens (including phenoxy) is 1. The molecular formula is C33H35NO5. The molecule has 2 heterocycles. The van der Waals surface area contributed by atoms with Gasteiger partial charge in [0.05, 0.1) is 5.60 Å². The van der Waals surface area contributed by atoms with Gasteiger partial charge in [0.25, 0.3) is 0 Å². The number of hydrogen-bond acceptors (Lipinski definition) is 5. The van der Waals surface area contributed by atoms with Crippen LogP contribution >= 0.6 is 0 Å². The van der Waals surface area contributed by atoms with Gasteiger partial charge in [-0.15, -0.1) is 0 Å². The van der Waals surface area contributed by atoms with Gasteiger partial charge in [-0.3, -0.25) is 4.79 Å². The highest BCUT2D eigenvalue weighted by molar-refractivity contribution is 5.86. The number of likely N-dealkylation sites (tertiary alicyclic amines) is 1. The van der Waals surface area contributed by atoms with Gasteiger partial charge in [-0.1, -0.05) is 55.3 Å². The molecular weight excluding hydrogens is 490 g/mol. The van der Waals surface area contributed by atoms with Crippen LogP contribution in [0.15, 0.2) is 69.9 Å². The van der Waals surface area contributed by atoms with Gasteiger partial charge < -0.3 is 19.2 Å². The van der Waals surface area contributed by atoms with E-state index in [-0.39, 0.29) is 18.2 Å². The lowest BCUT2D eigenvalue weighted by molar-refractivity contribution is -0.143. The average molecular weight is 526 g/mol. The summed E-state index contributed by atoms with van der Waals surface area (Å²) >= 11 is 0. The molecule has 0 unspecified atom stereocenters. The van der Waals surface area contributed by atoms with Crippen molar-refractivity contribution < 1.29 is 19.1 Å². The van der Waals surface area contributed by atoms with Gasteiger partial charge in [-0.2, -0.15) is 0 Å². The third-order valence-corrected chi connectivity index (χ3v) is 8.90. The van der Waals surface area contributed by atoms with Crippen LogP contribution in [0.4, 0.5) is 0 Å². The summed E-state index contributed by atoms with van der Waals surface area (Å²) in [6.45, 7) is 3.52. The highest BCUT2D eigenvalue weighted by Crippen LogP contribution is 2.40. The predicted octanol–water partition coefficient (Wildman–Crippen LogP) is 5.92. The Morgan fingerprint density at radius 2 is 1.92 bits per heavy atom. The normalized spacial score (nSPS) is 21.2. The number of nitrogens with zero attached hydrogens (tertiary/aromatic N) is 1. The maximum atomic E-state index is 13.0. The number of rotatable bonds is 6. The van der Waals surface area contributed by atoms with Crippen molar-refractivity contribution in [2.75, 3.05) is 13.1 Å². The predicted molar refractivity (Wildman–Crippen MR) is 152 cm³/mol.